The molecule has 1 aromatic heterocycles. The predicted octanol–water partition coefficient (Wildman–Crippen LogP) is 1.26. The summed E-state index contributed by atoms with van der Waals surface area (Å²) in [6.07, 6.45) is -4.48. The van der Waals surface area contributed by atoms with E-state index < -0.39 is 12.1 Å². The molecule has 1 N–H and O–H groups in total. The van der Waals surface area contributed by atoms with Crippen molar-refractivity contribution in [1.82, 2.24) is 15.1 Å². The maximum atomic E-state index is 11.9. The third-order valence-electron chi connectivity index (χ3n) is 2.58. The van der Waals surface area contributed by atoms with Crippen LogP contribution in [0.1, 0.15) is 17.0 Å². The van der Waals surface area contributed by atoms with Crippen molar-refractivity contribution in [2.45, 2.75) is 26.4 Å². The van der Waals surface area contributed by atoms with Crippen LogP contribution in [0.4, 0.5) is 13.2 Å². The van der Waals surface area contributed by atoms with Crippen molar-refractivity contribution < 1.29 is 18.0 Å². The number of amides is 1. The third-order valence-corrected chi connectivity index (χ3v) is 2.58. The molecule has 4 nitrogen and oxygen atoms in total. The number of hydrogen-bond donors (Lipinski definition) is 1. The van der Waals surface area contributed by atoms with E-state index in [9.17, 15) is 18.0 Å². The van der Waals surface area contributed by atoms with E-state index in [4.69, 9.17) is 0 Å². The molecule has 7 heteroatoms. The molecule has 17 heavy (non-hydrogen) atoms. The standard InChI is InChI=1S/C10H14F3N3O/c1-6-8(7(2)16(3)15-6)4-5-14-9(17)10(11,12)13/h4-5H2,1-3H3,(H,14,17). The summed E-state index contributed by atoms with van der Waals surface area (Å²) in [6, 6.07) is 0. The first-order valence-electron chi connectivity index (χ1n) is 5.07. The zero-order valence-corrected chi connectivity index (χ0v) is 9.85. The number of halogens is 3. The van der Waals surface area contributed by atoms with Crippen LogP contribution in [0.15, 0.2) is 0 Å². The van der Waals surface area contributed by atoms with Crippen molar-refractivity contribution in [2.75, 3.05) is 6.54 Å². The minimum Gasteiger partial charge on any atom is -0.348 e. The first-order chi connectivity index (χ1) is 7.73. The maximum absolute atomic E-state index is 11.9. The lowest BCUT2D eigenvalue weighted by molar-refractivity contribution is -0.173. The van der Waals surface area contributed by atoms with Crippen LogP contribution in [0, 0.1) is 13.8 Å². The Bertz CT molecular complexity index is 423. The first kappa shape index (κ1) is 13.5. The van der Waals surface area contributed by atoms with Crippen LogP contribution in [-0.2, 0) is 18.3 Å². The van der Waals surface area contributed by atoms with E-state index in [1.165, 1.54) is 0 Å². The van der Waals surface area contributed by atoms with Gasteiger partial charge in [-0.25, -0.2) is 0 Å². The summed E-state index contributed by atoms with van der Waals surface area (Å²) in [7, 11) is 1.76. The van der Waals surface area contributed by atoms with Crippen LogP contribution in [0.2, 0.25) is 0 Å². The second kappa shape index (κ2) is 4.77. The second-order valence-electron chi connectivity index (χ2n) is 3.78. The van der Waals surface area contributed by atoms with Gasteiger partial charge in [0.25, 0.3) is 0 Å². The fourth-order valence-corrected chi connectivity index (χ4v) is 1.58. The number of carbonyl (C=O) groups excluding carboxylic acids is 1. The molecule has 96 valence electrons. The fraction of sp³-hybridized carbons (Fsp3) is 0.600. The van der Waals surface area contributed by atoms with E-state index in [1.54, 1.807) is 18.7 Å². The minimum atomic E-state index is -4.82. The second-order valence-corrected chi connectivity index (χ2v) is 3.78. The van der Waals surface area contributed by atoms with E-state index in [2.05, 4.69) is 5.10 Å². The van der Waals surface area contributed by atoms with Crippen molar-refractivity contribution in [3.05, 3.63) is 17.0 Å². The van der Waals surface area contributed by atoms with Gasteiger partial charge in [0.15, 0.2) is 0 Å². The molecule has 0 atom stereocenters. The Morgan fingerprint density at radius 2 is 2.00 bits per heavy atom. The Balaban J connectivity index is 2.55. The van der Waals surface area contributed by atoms with E-state index >= 15 is 0 Å². The Kier molecular flexibility index (Phi) is 3.79. The highest BCUT2D eigenvalue weighted by molar-refractivity contribution is 5.81. The fourth-order valence-electron chi connectivity index (χ4n) is 1.58. The molecule has 0 unspecified atom stereocenters. The number of rotatable bonds is 3. The van der Waals surface area contributed by atoms with Gasteiger partial charge >= 0.3 is 12.1 Å². The highest BCUT2D eigenvalue weighted by atomic mass is 19.4. The lowest BCUT2D eigenvalue weighted by atomic mass is 10.1. The van der Waals surface area contributed by atoms with E-state index in [-0.39, 0.29) is 6.54 Å². The van der Waals surface area contributed by atoms with Gasteiger partial charge in [-0.1, -0.05) is 0 Å². The molecule has 1 amide bonds. The molecular formula is C10H14F3N3O. The van der Waals surface area contributed by atoms with Gasteiger partial charge in [0.2, 0.25) is 0 Å². The quantitative estimate of drug-likeness (QED) is 0.876. The summed E-state index contributed by atoms with van der Waals surface area (Å²) < 4.78 is 37.4. The molecule has 0 aliphatic carbocycles. The van der Waals surface area contributed by atoms with Gasteiger partial charge in [-0.3, -0.25) is 9.48 Å². The van der Waals surface area contributed by atoms with Crippen LogP contribution in [0.5, 0.6) is 0 Å². The molecule has 0 saturated carbocycles. The van der Waals surface area contributed by atoms with E-state index in [0.29, 0.717) is 6.42 Å². The largest absolute Gasteiger partial charge is 0.471 e. The van der Waals surface area contributed by atoms with Crippen molar-refractivity contribution in [3.63, 3.8) is 0 Å². The van der Waals surface area contributed by atoms with E-state index in [1.807, 2.05) is 12.2 Å². The molecule has 0 spiro atoms. The lowest BCUT2D eigenvalue weighted by Crippen LogP contribution is -2.37. The number of alkyl halides is 3. The van der Waals surface area contributed by atoms with Crippen LogP contribution < -0.4 is 5.32 Å². The van der Waals surface area contributed by atoms with Gasteiger partial charge in [-0.2, -0.15) is 18.3 Å². The normalized spacial score (nSPS) is 11.6. The van der Waals surface area contributed by atoms with Crippen molar-refractivity contribution in [1.29, 1.82) is 0 Å². The summed E-state index contributed by atoms with van der Waals surface area (Å²) in [6.45, 7) is 3.57. The number of carbonyl (C=O) groups is 1. The topological polar surface area (TPSA) is 46.9 Å². The molecule has 0 bridgehead atoms. The van der Waals surface area contributed by atoms with Crippen LogP contribution >= 0.6 is 0 Å². The molecule has 1 heterocycles. The molecule has 0 aromatic carbocycles. The number of nitrogens with zero attached hydrogens (tertiary/aromatic N) is 2. The summed E-state index contributed by atoms with van der Waals surface area (Å²) >= 11 is 0. The van der Waals surface area contributed by atoms with Crippen molar-refractivity contribution >= 4 is 5.91 Å². The molecular weight excluding hydrogens is 235 g/mol. The average molecular weight is 249 g/mol. The molecule has 1 aromatic rings. The number of aromatic nitrogens is 2. The van der Waals surface area contributed by atoms with Gasteiger partial charge in [0.05, 0.1) is 5.69 Å². The minimum absolute atomic E-state index is 0.0499. The Hall–Kier alpha value is -1.53. The molecule has 0 aliphatic rings. The monoisotopic (exact) mass is 249 g/mol. The SMILES string of the molecule is Cc1nn(C)c(C)c1CCNC(=O)C(F)(F)F. The summed E-state index contributed by atoms with van der Waals surface area (Å²) in [5, 5.41) is 5.97. The summed E-state index contributed by atoms with van der Waals surface area (Å²) in [5.41, 5.74) is 2.53. The molecule has 0 radical (unpaired) electrons. The Morgan fingerprint density at radius 1 is 1.41 bits per heavy atom. The molecule has 1 rings (SSSR count). The summed E-state index contributed by atoms with van der Waals surface area (Å²) in [5.74, 6) is -1.91. The van der Waals surface area contributed by atoms with Gasteiger partial charge in [0, 0.05) is 19.3 Å². The van der Waals surface area contributed by atoms with Crippen LogP contribution in [-0.4, -0.2) is 28.4 Å². The highest BCUT2D eigenvalue weighted by Crippen LogP contribution is 2.15. The maximum Gasteiger partial charge on any atom is 0.471 e. The zero-order chi connectivity index (χ0) is 13.2. The molecule has 0 aliphatic heterocycles. The number of nitrogens with one attached hydrogen (secondary N) is 1. The van der Waals surface area contributed by atoms with Gasteiger partial charge in [-0.15, -0.1) is 0 Å². The molecule has 0 fully saturated rings. The first-order valence-corrected chi connectivity index (χ1v) is 5.07. The van der Waals surface area contributed by atoms with E-state index in [0.717, 1.165) is 17.0 Å². The third kappa shape index (κ3) is 3.21. The predicted molar refractivity (Wildman–Crippen MR) is 55.5 cm³/mol. The lowest BCUT2D eigenvalue weighted by Gasteiger charge is -2.07. The van der Waals surface area contributed by atoms with Gasteiger partial charge in [-0.05, 0) is 25.8 Å². The van der Waals surface area contributed by atoms with Crippen LogP contribution in [0.25, 0.3) is 0 Å². The summed E-state index contributed by atoms with van der Waals surface area (Å²) in [4.78, 5) is 10.6. The number of hydrogen-bond acceptors (Lipinski definition) is 2. The van der Waals surface area contributed by atoms with Gasteiger partial charge < -0.3 is 5.32 Å². The smallest absolute Gasteiger partial charge is 0.348 e. The Labute approximate surface area is 96.8 Å². The number of aryl methyl sites for hydroxylation is 2. The van der Waals surface area contributed by atoms with Gasteiger partial charge in [0.1, 0.15) is 0 Å². The van der Waals surface area contributed by atoms with Crippen molar-refractivity contribution in [3.8, 4) is 0 Å². The van der Waals surface area contributed by atoms with Crippen molar-refractivity contribution in [2.24, 2.45) is 7.05 Å². The highest BCUT2D eigenvalue weighted by Gasteiger charge is 2.38. The Morgan fingerprint density at radius 3 is 2.41 bits per heavy atom. The van der Waals surface area contributed by atoms with Crippen LogP contribution in [0.3, 0.4) is 0 Å². The molecule has 0 saturated heterocycles. The zero-order valence-electron chi connectivity index (χ0n) is 9.85. The average Bonchev–Trinajstić information content (AvgIpc) is 2.42.